The third-order valence-electron chi connectivity index (χ3n) is 3.89. The first-order valence-electron chi connectivity index (χ1n) is 8.86. The molecule has 0 aliphatic heterocycles. The van der Waals surface area contributed by atoms with Crippen molar-refractivity contribution in [2.75, 3.05) is 25.1 Å². The molecular formula is C20H26N4O2. The summed E-state index contributed by atoms with van der Waals surface area (Å²) in [4.78, 5) is 23.7. The Bertz CT molecular complexity index is 801. The first-order valence-corrected chi connectivity index (χ1v) is 8.86. The van der Waals surface area contributed by atoms with Gasteiger partial charge in [0.15, 0.2) is 11.7 Å². The number of hydrogen-bond donors (Lipinski definition) is 0. The van der Waals surface area contributed by atoms with Gasteiger partial charge in [0.1, 0.15) is 5.69 Å². The number of carbonyl (C=O) groups is 1. The van der Waals surface area contributed by atoms with Crippen molar-refractivity contribution < 1.29 is 9.53 Å². The first-order chi connectivity index (χ1) is 12.4. The van der Waals surface area contributed by atoms with E-state index in [2.05, 4.69) is 37.6 Å². The van der Waals surface area contributed by atoms with Crippen molar-refractivity contribution in [2.45, 2.75) is 33.6 Å². The molecule has 0 N–H and O–H groups in total. The van der Waals surface area contributed by atoms with Gasteiger partial charge < -0.3 is 9.64 Å². The van der Waals surface area contributed by atoms with Crippen LogP contribution in [0.2, 0.25) is 0 Å². The number of benzene rings is 1. The maximum absolute atomic E-state index is 12.2. The van der Waals surface area contributed by atoms with Gasteiger partial charge in [0.2, 0.25) is 0 Å². The lowest BCUT2D eigenvalue weighted by molar-refractivity contribution is -0.141. The Morgan fingerprint density at radius 2 is 1.65 bits per heavy atom. The molecule has 0 aliphatic rings. The summed E-state index contributed by atoms with van der Waals surface area (Å²) in [7, 11) is 1.28. The summed E-state index contributed by atoms with van der Waals surface area (Å²) in [5.41, 5.74) is 1.76. The summed E-state index contributed by atoms with van der Waals surface area (Å²) < 4.78 is 4.82. The smallest absolute Gasteiger partial charge is 0.329 e. The Morgan fingerprint density at radius 1 is 1.12 bits per heavy atom. The van der Waals surface area contributed by atoms with E-state index in [0.29, 0.717) is 28.9 Å². The van der Waals surface area contributed by atoms with Gasteiger partial charge in [-0.1, -0.05) is 39.8 Å². The molecule has 1 atom stereocenters. The Morgan fingerprint density at radius 3 is 2.12 bits per heavy atom. The van der Waals surface area contributed by atoms with Crippen LogP contribution in [-0.2, 0) is 9.53 Å². The average Bonchev–Trinajstić information content (AvgIpc) is 2.60. The normalized spacial score (nSPS) is 12.2. The number of esters is 1. The second kappa shape index (κ2) is 8.61. The molecule has 0 saturated carbocycles. The Kier molecular flexibility index (Phi) is 6.51. The molecule has 2 rings (SSSR count). The van der Waals surface area contributed by atoms with Crippen LogP contribution in [0.4, 0.5) is 5.82 Å². The first kappa shape index (κ1) is 19.6. The number of hydrogen-bond acceptors (Lipinski definition) is 6. The van der Waals surface area contributed by atoms with Crippen LogP contribution < -0.4 is 4.90 Å². The number of fused-ring (bicyclic) bond motifs is 1. The van der Waals surface area contributed by atoms with Crippen molar-refractivity contribution in [3.63, 3.8) is 0 Å². The molecular weight excluding hydrogens is 328 g/mol. The molecule has 0 amide bonds. The number of nitrogens with zero attached hydrogens (tertiary/aromatic N) is 4. The number of methoxy groups -OCH3 is 1. The molecule has 1 aromatic carbocycles. The van der Waals surface area contributed by atoms with Crippen LogP contribution in [0.15, 0.2) is 24.3 Å². The van der Waals surface area contributed by atoms with Crippen LogP contribution in [0, 0.1) is 23.2 Å². The summed E-state index contributed by atoms with van der Waals surface area (Å²) in [6.45, 7) is 10.0. The van der Waals surface area contributed by atoms with Crippen molar-refractivity contribution in [2.24, 2.45) is 11.8 Å². The summed E-state index contributed by atoms with van der Waals surface area (Å²) in [6, 6.07) is 9.51. The molecule has 1 aromatic heterocycles. The van der Waals surface area contributed by atoms with Gasteiger partial charge in [-0.05, 0) is 24.0 Å². The van der Waals surface area contributed by atoms with Gasteiger partial charge in [0.25, 0.3) is 0 Å². The average molecular weight is 354 g/mol. The Balaban J connectivity index is 2.68. The van der Waals surface area contributed by atoms with Gasteiger partial charge in [-0.3, -0.25) is 4.79 Å². The molecule has 26 heavy (non-hydrogen) atoms. The fourth-order valence-corrected chi connectivity index (χ4v) is 2.90. The van der Waals surface area contributed by atoms with E-state index in [0.717, 1.165) is 18.6 Å². The van der Waals surface area contributed by atoms with E-state index in [1.807, 2.05) is 30.3 Å². The maximum atomic E-state index is 12.2. The van der Waals surface area contributed by atoms with Gasteiger partial charge in [-0.2, -0.15) is 5.26 Å². The molecule has 0 fully saturated rings. The van der Waals surface area contributed by atoms with Gasteiger partial charge in [0, 0.05) is 13.1 Å². The van der Waals surface area contributed by atoms with Crippen LogP contribution in [0.25, 0.3) is 11.0 Å². The summed E-state index contributed by atoms with van der Waals surface area (Å²) in [6.07, 6.45) is 0. The largest absolute Gasteiger partial charge is 0.468 e. The molecule has 0 aliphatic carbocycles. The molecule has 138 valence electrons. The molecule has 2 aromatic rings. The number of aromatic nitrogens is 2. The highest BCUT2D eigenvalue weighted by molar-refractivity contribution is 5.85. The number of anilines is 1. The van der Waals surface area contributed by atoms with Gasteiger partial charge in [0.05, 0.1) is 24.2 Å². The molecule has 6 heteroatoms. The number of ether oxygens (including phenoxy) is 1. The molecule has 6 nitrogen and oxygen atoms in total. The second-order valence-corrected chi connectivity index (χ2v) is 7.20. The lowest BCUT2D eigenvalue weighted by atomic mass is 10.0. The van der Waals surface area contributed by atoms with E-state index in [9.17, 15) is 10.1 Å². The zero-order valence-electron chi connectivity index (χ0n) is 16.1. The van der Waals surface area contributed by atoms with Gasteiger partial charge in [-0.25, -0.2) is 9.97 Å². The zero-order valence-corrected chi connectivity index (χ0v) is 16.1. The predicted octanol–water partition coefficient (Wildman–Crippen LogP) is 3.53. The molecule has 0 radical (unpaired) electrons. The SMILES string of the molecule is COC(=O)[C@H](C#N)c1nc2ccccc2nc1N(CC(C)C)CC(C)C. The van der Waals surface area contributed by atoms with Crippen molar-refractivity contribution in [1.82, 2.24) is 9.97 Å². The fraction of sp³-hybridized carbons (Fsp3) is 0.500. The van der Waals surface area contributed by atoms with Gasteiger partial charge in [-0.15, -0.1) is 0 Å². The molecule has 0 unspecified atom stereocenters. The molecule has 0 saturated heterocycles. The van der Waals surface area contributed by atoms with Crippen molar-refractivity contribution in [3.8, 4) is 6.07 Å². The molecule has 0 bridgehead atoms. The van der Waals surface area contributed by atoms with Crippen molar-refractivity contribution in [1.29, 1.82) is 5.26 Å². The molecule has 0 spiro atoms. The number of para-hydroxylation sites is 2. The third kappa shape index (κ3) is 4.48. The highest BCUT2D eigenvalue weighted by Crippen LogP contribution is 2.29. The standard InChI is InChI=1S/C20H26N4O2/c1-13(2)11-24(12-14(3)4)19-18(15(10-21)20(25)26-5)22-16-8-6-7-9-17(16)23-19/h6-9,13-15H,11-12H2,1-5H3/t15-/m1/s1. The minimum absolute atomic E-state index is 0.361. The highest BCUT2D eigenvalue weighted by Gasteiger charge is 2.29. The van der Waals surface area contributed by atoms with E-state index >= 15 is 0 Å². The zero-order chi connectivity index (χ0) is 19.3. The molecule has 1 heterocycles. The Hall–Kier alpha value is -2.68. The van der Waals surface area contributed by atoms with Crippen molar-refractivity contribution >= 4 is 22.8 Å². The van der Waals surface area contributed by atoms with Crippen LogP contribution in [0.1, 0.15) is 39.3 Å². The second-order valence-electron chi connectivity index (χ2n) is 7.20. The highest BCUT2D eigenvalue weighted by atomic mass is 16.5. The number of carbonyl (C=O) groups excluding carboxylic acids is 1. The Labute approximate surface area is 154 Å². The van der Waals surface area contributed by atoms with Crippen LogP contribution in [0.5, 0.6) is 0 Å². The van der Waals surface area contributed by atoms with Crippen molar-refractivity contribution in [3.05, 3.63) is 30.0 Å². The minimum Gasteiger partial charge on any atom is -0.468 e. The predicted molar refractivity (Wildman–Crippen MR) is 102 cm³/mol. The van der Waals surface area contributed by atoms with E-state index in [4.69, 9.17) is 9.72 Å². The topological polar surface area (TPSA) is 79.1 Å². The van der Waals surface area contributed by atoms with Crippen LogP contribution in [0.3, 0.4) is 0 Å². The number of nitriles is 1. The lowest BCUT2D eigenvalue weighted by Crippen LogP contribution is -2.34. The van der Waals surface area contributed by atoms with Gasteiger partial charge >= 0.3 is 5.97 Å². The maximum Gasteiger partial charge on any atom is 0.329 e. The van der Waals surface area contributed by atoms with E-state index in [-0.39, 0.29) is 0 Å². The minimum atomic E-state index is -1.10. The fourth-order valence-electron chi connectivity index (χ4n) is 2.90. The quantitative estimate of drug-likeness (QED) is 0.708. The van der Waals surface area contributed by atoms with Crippen LogP contribution in [-0.4, -0.2) is 36.1 Å². The summed E-state index contributed by atoms with van der Waals surface area (Å²) in [5, 5.41) is 9.59. The lowest BCUT2D eigenvalue weighted by Gasteiger charge is -2.29. The van der Waals surface area contributed by atoms with E-state index in [1.165, 1.54) is 7.11 Å². The monoisotopic (exact) mass is 354 g/mol. The van der Waals surface area contributed by atoms with E-state index < -0.39 is 11.9 Å². The summed E-state index contributed by atoms with van der Waals surface area (Å²) in [5.74, 6) is -0.341. The van der Waals surface area contributed by atoms with Crippen LogP contribution >= 0.6 is 0 Å². The summed E-state index contributed by atoms with van der Waals surface area (Å²) >= 11 is 0. The third-order valence-corrected chi connectivity index (χ3v) is 3.89. The number of rotatable bonds is 7. The van der Waals surface area contributed by atoms with E-state index in [1.54, 1.807) is 0 Å².